The number of esters is 1. The molecule has 0 bridgehead atoms. The minimum Gasteiger partial charge on any atom is -0.456 e. The van der Waals surface area contributed by atoms with Crippen LogP contribution in [0, 0.1) is 0 Å². The number of aromatic nitrogens is 1. The molecule has 2 aromatic rings. The molecule has 0 saturated heterocycles. The molecule has 0 unspecified atom stereocenters. The molecule has 1 fully saturated rings. The van der Waals surface area contributed by atoms with Gasteiger partial charge in [0.2, 0.25) is 0 Å². The van der Waals surface area contributed by atoms with Crippen molar-refractivity contribution in [2.75, 3.05) is 6.61 Å². The molecular weight excluding hydrogens is 342 g/mol. The second-order valence-corrected chi connectivity index (χ2v) is 7.00. The summed E-state index contributed by atoms with van der Waals surface area (Å²) < 4.78 is 6.00. The Labute approximate surface area is 148 Å². The van der Waals surface area contributed by atoms with Crippen LogP contribution in [0.3, 0.4) is 0 Å². The molecule has 0 radical (unpaired) electrons. The van der Waals surface area contributed by atoms with E-state index in [4.69, 9.17) is 4.74 Å². The van der Waals surface area contributed by atoms with Crippen molar-refractivity contribution in [1.82, 2.24) is 15.6 Å². The van der Waals surface area contributed by atoms with Crippen LogP contribution in [0.15, 0.2) is 24.3 Å². The Morgan fingerprint density at radius 1 is 1.24 bits per heavy atom. The molecule has 7 nitrogen and oxygen atoms in total. The van der Waals surface area contributed by atoms with Gasteiger partial charge in [0.15, 0.2) is 6.61 Å². The fourth-order valence-electron chi connectivity index (χ4n) is 2.24. The fraction of sp³-hybridized carbons (Fsp3) is 0.412. The number of hydrogen-bond donors (Lipinski definition) is 2. The molecule has 1 aliphatic carbocycles. The summed E-state index contributed by atoms with van der Waals surface area (Å²) in [7, 11) is 0. The second-order valence-electron chi connectivity index (χ2n) is 5.89. The van der Waals surface area contributed by atoms with E-state index in [1.54, 1.807) is 11.3 Å². The first-order valence-electron chi connectivity index (χ1n) is 8.20. The Bertz CT molecular complexity index is 752. The van der Waals surface area contributed by atoms with Crippen LogP contribution in [-0.2, 0) is 20.7 Å². The summed E-state index contributed by atoms with van der Waals surface area (Å²) in [5, 5.41) is 5.72. The topological polar surface area (TPSA) is 97.4 Å². The monoisotopic (exact) mass is 361 g/mol. The summed E-state index contributed by atoms with van der Waals surface area (Å²) in [5.74, 6) is -1.09. The number of thiazole rings is 1. The second kappa shape index (κ2) is 8.06. The van der Waals surface area contributed by atoms with Crippen LogP contribution in [0.4, 0.5) is 4.79 Å². The Hall–Kier alpha value is -2.48. The van der Waals surface area contributed by atoms with Gasteiger partial charge in [0, 0.05) is 12.5 Å². The lowest BCUT2D eigenvalue weighted by atomic mass is 10.2. The number of rotatable bonds is 7. The Kier molecular flexibility index (Phi) is 5.60. The van der Waals surface area contributed by atoms with E-state index >= 15 is 0 Å². The molecule has 0 aliphatic heterocycles. The maximum atomic E-state index is 11.7. The summed E-state index contributed by atoms with van der Waals surface area (Å²) in [6.45, 7) is -0.446. The molecule has 1 heterocycles. The molecule has 8 heteroatoms. The molecule has 25 heavy (non-hydrogen) atoms. The number of para-hydroxylation sites is 1. The number of fused-ring (bicyclic) bond motifs is 1. The van der Waals surface area contributed by atoms with Gasteiger partial charge in [-0.3, -0.25) is 14.9 Å². The number of amides is 3. The van der Waals surface area contributed by atoms with Crippen LogP contribution in [0.25, 0.3) is 10.2 Å². The van der Waals surface area contributed by atoms with Crippen LogP contribution in [0.1, 0.15) is 30.7 Å². The number of aryl methyl sites for hydroxylation is 1. The predicted octanol–water partition coefficient (Wildman–Crippen LogP) is 2.15. The molecule has 0 spiro atoms. The van der Waals surface area contributed by atoms with Gasteiger partial charge in [-0.2, -0.15) is 0 Å². The minimum absolute atomic E-state index is 0.165. The standard InChI is InChI=1S/C17H19N3O4S/c21-14(20-17(23)18-11-8-9-11)10-24-16(22)7-3-6-15-19-12-4-1-2-5-13(12)25-15/h1-2,4-5,11H,3,6-10H2,(H2,18,20,21,23). The summed E-state index contributed by atoms with van der Waals surface area (Å²) in [6.07, 6.45) is 3.36. The zero-order valence-corrected chi connectivity index (χ0v) is 14.4. The van der Waals surface area contributed by atoms with Crippen LogP contribution in [-0.4, -0.2) is 35.5 Å². The summed E-state index contributed by atoms with van der Waals surface area (Å²) in [5.41, 5.74) is 0.964. The van der Waals surface area contributed by atoms with Crippen molar-refractivity contribution in [3.63, 3.8) is 0 Å². The van der Waals surface area contributed by atoms with Gasteiger partial charge in [-0.15, -0.1) is 11.3 Å². The number of hydrogen-bond acceptors (Lipinski definition) is 6. The maximum Gasteiger partial charge on any atom is 0.321 e. The van der Waals surface area contributed by atoms with Crippen LogP contribution in [0.2, 0.25) is 0 Å². The average molecular weight is 361 g/mol. The Morgan fingerprint density at radius 2 is 2.04 bits per heavy atom. The number of nitrogens with one attached hydrogen (secondary N) is 2. The van der Waals surface area contributed by atoms with Crippen molar-refractivity contribution in [2.24, 2.45) is 0 Å². The highest BCUT2D eigenvalue weighted by molar-refractivity contribution is 7.18. The largest absolute Gasteiger partial charge is 0.456 e. The Balaban J connectivity index is 1.32. The van der Waals surface area contributed by atoms with Gasteiger partial charge in [0.25, 0.3) is 5.91 Å². The molecule has 0 atom stereocenters. The first-order chi connectivity index (χ1) is 12.1. The van der Waals surface area contributed by atoms with Gasteiger partial charge < -0.3 is 10.1 Å². The van der Waals surface area contributed by atoms with Crippen molar-refractivity contribution < 1.29 is 19.1 Å². The van der Waals surface area contributed by atoms with E-state index in [1.165, 1.54) is 0 Å². The molecule has 2 N–H and O–H groups in total. The third kappa shape index (κ3) is 5.53. The van der Waals surface area contributed by atoms with E-state index in [9.17, 15) is 14.4 Å². The molecule has 1 saturated carbocycles. The van der Waals surface area contributed by atoms with Crippen LogP contribution in [0.5, 0.6) is 0 Å². The van der Waals surface area contributed by atoms with Crippen LogP contribution < -0.4 is 10.6 Å². The SMILES string of the molecule is O=C(COC(=O)CCCc1nc2ccccc2s1)NC(=O)NC1CC1. The zero-order chi connectivity index (χ0) is 17.6. The predicted molar refractivity (Wildman–Crippen MR) is 93.2 cm³/mol. The van der Waals surface area contributed by atoms with Gasteiger partial charge in [0.05, 0.1) is 15.2 Å². The highest BCUT2D eigenvalue weighted by Crippen LogP contribution is 2.22. The van der Waals surface area contributed by atoms with E-state index < -0.39 is 24.5 Å². The molecule has 1 aromatic carbocycles. The molecular formula is C17H19N3O4S. The van der Waals surface area contributed by atoms with Crippen LogP contribution >= 0.6 is 11.3 Å². The van der Waals surface area contributed by atoms with E-state index in [0.717, 1.165) is 28.1 Å². The number of benzene rings is 1. The number of urea groups is 1. The third-order valence-electron chi connectivity index (χ3n) is 3.64. The summed E-state index contributed by atoms with van der Waals surface area (Å²) >= 11 is 1.61. The highest BCUT2D eigenvalue weighted by Gasteiger charge is 2.24. The van der Waals surface area contributed by atoms with Gasteiger partial charge in [-0.25, -0.2) is 9.78 Å². The van der Waals surface area contributed by atoms with Crippen molar-refractivity contribution in [1.29, 1.82) is 0 Å². The first-order valence-corrected chi connectivity index (χ1v) is 9.02. The molecule has 132 valence electrons. The molecule has 3 amide bonds. The number of ether oxygens (including phenoxy) is 1. The molecule has 1 aliphatic rings. The van der Waals surface area contributed by atoms with Gasteiger partial charge in [-0.05, 0) is 37.8 Å². The first kappa shape index (κ1) is 17.3. The number of imide groups is 1. The fourth-order valence-corrected chi connectivity index (χ4v) is 3.25. The number of carbonyl (C=O) groups is 3. The van der Waals surface area contributed by atoms with Crippen molar-refractivity contribution in [2.45, 2.75) is 38.1 Å². The van der Waals surface area contributed by atoms with Gasteiger partial charge in [-0.1, -0.05) is 12.1 Å². The smallest absolute Gasteiger partial charge is 0.321 e. The maximum absolute atomic E-state index is 11.7. The third-order valence-corrected chi connectivity index (χ3v) is 4.74. The average Bonchev–Trinajstić information content (AvgIpc) is 3.28. The van der Waals surface area contributed by atoms with Crippen molar-refractivity contribution >= 4 is 39.5 Å². The normalized spacial score (nSPS) is 13.4. The van der Waals surface area contributed by atoms with E-state index in [-0.39, 0.29) is 12.5 Å². The van der Waals surface area contributed by atoms with E-state index in [1.807, 2.05) is 24.3 Å². The lowest BCUT2D eigenvalue weighted by Crippen LogP contribution is -2.42. The summed E-state index contributed by atoms with van der Waals surface area (Å²) in [4.78, 5) is 39.0. The van der Waals surface area contributed by atoms with Crippen molar-refractivity contribution in [3.05, 3.63) is 29.3 Å². The highest BCUT2D eigenvalue weighted by atomic mass is 32.1. The van der Waals surface area contributed by atoms with Crippen molar-refractivity contribution in [3.8, 4) is 0 Å². The molecule has 3 rings (SSSR count). The quantitative estimate of drug-likeness (QED) is 0.737. The zero-order valence-electron chi connectivity index (χ0n) is 13.6. The van der Waals surface area contributed by atoms with E-state index in [0.29, 0.717) is 12.8 Å². The van der Waals surface area contributed by atoms with Gasteiger partial charge in [0.1, 0.15) is 0 Å². The van der Waals surface area contributed by atoms with E-state index in [2.05, 4.69) is 15.6 Å². The minimum atomic E-state index is -0.627. The number of nitrogens with zero attached hydrogens (tertiary/aromatic N) is 1. The summed E-state index contributed by atoms with van der Waals surface area (Å²) in [6, 6.07) is 7.51. The van der Waals surface area contributed by atoms with Gasteiger partial charge >= 0.3 is 12.0 Å². The Morgan fingerprint density at radius 3 is 2.80 bits per heavy atom. The lowest BCUT2D eigenvalue weighted by molar-refractivity contribution is -0.148. The molecule has 1 aromatic heterocycles. The number of carbonyl (C=O) groups excluding carboxylic acids is 3. The lowest BCUT2D eigenvalue weighted by Gasteiger charge is -2.06.